The van der Waals surface area contributed by atoms with Crippen molar-refractivity contribution in [2.75, 3.05) is 0 Å². The molecule has 0 unspecified atom stereocenters. The molecule has 0 saturated heterocycles. The van der Waals surface area contributed by atoms with Crippen LogP contribution in [0, 0.1) is 17.0 Å². The maximum Gasteiger partial charge on any atom is 0.435 e. The van der Waals surface area contributed by atoms with Crippen molar-refractivity contribution in [1.82, 2.24) is 9.78 Å². The Labute approximate surface area is 134 Å². The van der Waals surface area contributed by atoms with Gasteiger partial charge in [-0.05, 0) is 25.8 Å². The average molecular weight is 339 g/mol. The van der Waals surface area contributed by atoms with Crippen molar-refractivity contribution in [1.29, 1.82) is 0 Å². The number of carbonyl (C=O) groups excluding carboxylic acids is 1. The molecule has 1 heterocycles. The van der Waals surface area contributed by atoms with Crippen molar-refractivity contribution in [2.45, 2.75) is 32.4 Å². The van der Waals surface area contributed by atoms with Gasteiger partial charge in [-0.1, -0.05) is 6.07 Å². The van der Waals surface area contributed by atoms with E-state index < -0.39 is 28.1 Å². The fraction of sp³-hybridized carbons (Fsp3) is 0.333. The topological polar surface area (TPSA) is 78.0 Å². The second-order valence-electron chi connectivity index (χ2n) is 5.58. The summed E-state index contributed by atoms with van der Waals surface area (Å²) in [5.74, 6) is -0.601. The summed E-state index contributed by atoms with van der Waals surface area (Å²) in [5.41, 5.74) is -1.20. The van der Waals surface area contributed by atoms with E-state index in [0.717, 1.165) is 4.68 Å². The van der Waals surface area contributed by atoms with Gasteiger partial charge in [0.2, 0.25) is 0 Å². The zero-order valence-electron chi connectivity index (χ0n) is 12.6. The molecule has 2 aromatic rings. The first kappa shape index (κ1) is 16.2. The van der Waals surface area contributed by atoms with E-state index in [2.05, 4.69) is 5.10 Å². The molecule has 9 heteroatoms. The third-order valence-corrected chi connectivity index (χ3v) is 3.98. The van der Waals surface area contributed by atoms with Crippen molar-refractivity contribution in [2.24, 2.45) is 0 Å². The number of ketones is 1. The van der Waals surface area contributed by atoms with E-state index in [-0.39, 0.29) is 29.9 Å². The molecule has 1 aliphatic rings. The maximum atomic E-state index is 13.2. The first-order chi connectivity index (χ1) is 11.2. The first-order valence-electron chi connectivity index (χ1n) is 7.18. The number of aromatic nitrogens is 2. The van der Waals surface area contributed by atoms with Crippen molar-refractivity contribution in [3.05, 3.63) is 50.8 Å². The molecule has 0 spiro atoms. The lowest BCUT2D eigenvalue weighted by atomic mass is 9.94. The van der Waals surface area contributed by atoms with Crippen LogP contribution in [0.2, 0.25) is 0 Å². The average Bonchev–Trinajstić information content (AvgIpc) is 2.88. The highest BCUT2D eigenvalue weighted by molar-refractivity contribution is 5.99. The molecule has 1 aromatic heterocycles. The van der Waals surface area contributed by atoms with Crippen LogP contribution in [0.25, 0.3) is 5.69 Å². The van der Waals surface area contributed by atoms with Crippen molar-refractivity contribution in [3.63, 3.8) is 0 Å². The van der Waals surface area contributed by atoms with Crippen LogP contribution in [0.3, 0.4) is 0 Å². The molecule has 0 fully saturated rings. The number of fused-ring (bicyclic) bond motifs is 1. The van der Waals surface area contributed by atoms with Crippen LogP contribution < -0.4 is 0 Å². The van der Waals surface area contributed by atoms with Crippen molar-refractivity contribution in [3.8, 4) is 5.69 Å². The van der Waals surface area contributed by atoms with Crippen LogP contribution >= 0.6 is 0 Å². The molecular formula is C15H12F3N3O3. The summed E-state index contributed by atoms with van der Waals surface area (Å²) >= 11 is 0. The summed E-state index contributed by atoms with van der Waals surface area (Å²) in [6.45, 7) is 1.53. The van der Waals surface area contributed by atoms with E-state index in [1.165, 1.54) is 25.1 Å². The van der Waals surface area contributed by atoms with Crippen LogP contribution in [0.4, 0.5) is 18.9 Å². The Kier molecular flexibility index (Phi) is 3.66. The largest absolute Gasteiger partial charge is 0.435 e. The SMILES string of the molecule is Cc1ccc(-n2nc(C(F)(F)F)c3c2CCCC3=O)cc1[N+](=O)[O-]. The van der Waals surface area contributed by atoms with Crippen LogP contribution in [-0.4, -0.2) is 20.5 Å². The Balaban J connectivity index is 2.25. The molecular weight excluding hydrogens is 327 g/mol. The number of hydrogen-bond acceptors (Lipinski definition) is 4. The maximum absolute atomic E-state index is 13.2. The zero-order valence-corrected chi connectivity index (χ0v) is 12.6. The molecule has 1 aliphatic carbocycles. The van der Waals surface area contributed by atoms with Gasteiger partial charge in [-0.25, -0.2) is 4.68 Å². The van der Waals surface area contributed by atoms with E-state index in [4.69, 9.17) is 0 Å². The summed E-state index contributed by atoms with van der Waals surface area (Å²) in [6.07, 6.45) is -4.05. The summed E-state index contributed by atoms with van der Waals surface area (Å²) in [6, 6.07) is 4.07. The molecule has 0 aliphatic heterocycles. The molecule has 0 N–H and O–H groups in total. The Bertz CT molecular complexity index is 856. The number of hydrogen-bond donors (Lipinski definition) is 0. The van der Waals surface area contributed by atoms with Crippen LogP contribution in [0.1, 0.15) is 40.2 Å². The number of carbonyl (C=O) groups is 1. The second-order valence-corrected chi connectivity index (χ2v) is 5.58. The minimum atomic E-state index is -4.76. The minimum absolute atomic E-state index is 0.0375. The van der Waals surface area contributed by atoms with Crippen LogP contribution in [-0.2, 0) is 12.6 Å². The predicted octanol–water partition coefficient (Wildman–Crippen LogP) is 3.63. The molecule has 0 radical (unpaired) electrons. The lowest BCUT2D eigenvalue weighted by Gasteiger charge is -2.14. The summed E-state index contributed by atoms with van der Waals surface area (Å²) in [5, 5.41) is 14.6. The summed E-state index contributed by atoms with van der Waals surface area (Å²) in [7, 11) is 0. The lowest BCUT2D eigenvalue weighted by Crippen LogP contribution is -2.16. The number of Topliss-reactive ketones (excluding diaryl/α,β-unsaturated/α-hetero) is 1. The summed E-state index contributed by atoms with van der Waals surface area (Å²) < 4.78 is 40.6. The summed E-state index contributed by atoms with van der Waals surface area (Å²) in [4.78, 5) is 22.4. The number of nitrogens with zero attached hydrogens (tertiary/aromatic N) is 3. The quantitative estimate of drug-likeness (QED) is 0.618. The highest BCUT2D eigenvalue weighted by atomic mass is 19.4. The number of rotatable bonds is 2. The predicted molar refractivity (Wildman–Crippen MR) is 77.2 cm³/mol. The molecule has 0 saturated carbocycles. The standard InChI is InChI=1S/C15H12F3N3O3/c1-8-5-6-9(7-11(8)21(23)24)20-10-3-2-4-12(22)13(10)14(19-20)15(16,17)18/h5-7H,2-4H2,1H3. The third-order valence-electron chi connectivity index (χ3n) is 3.98. The van der Waals surface area contributed by atoms with Gasteiger partial charge in [-0.15, -0.1) is 0 Å². The molecule has 6 nitrogen and oxygen atoms in total. The van der Waals surface area contributed by atoms with E-state index in [1.54, 1.807) is 0 Å². The number of aryl methyl sites for hydroxylation is 1. The van der Waals surface area contributed by atoms with Crippen LogP contribution in [0.15, 0.2) is 18.2 Å². The number of nitro benzene ring substituents is 1. The monoisotopic (exact) mass is 339 g/mol. The van der Waals surface area contributed by atoms with E-state index in [9.17, 15) is 28.1 Å². The van der Waals surface area contributed by atoms with Gasteiger partial charge in [0.1, 0.15) is 0 Å². The van der Waals surface area contributed by atoms with Gasteiger partial charge in [0.25, 0.3) is 5.69 Å². The minimum Gasteiger partial charge on any atom is -0.294 e. The molecule has 126 valence electrons. The van der Waals surface area contributed by atoms with Gasteiger partial charge in [-0.2, -0.15) is 18.3 Å². The van der Waals surface area contributed by atoms with E-state index in [1.807, 2.05) is 0 Å². The van der Waals surface area contributed by atoms with Gasteiger partial charge in [0.05, 0.1) is 21.9 Å². The van der Waals surface area contributed by atoms with Gasteiger partial charge in [-0.3, -0.25) is 14.9 Å². The third kappa shape index (κ3) is 2.55. The van der Waals surface area contributed by atoms with Gasteiger partial charge in [0.15, 0.2) is 11.5 Å². The number of nitro groups is 1. The molecule has 3 rings (SSSR count). The second kappa shape index (κ2) is 5.43. The molecule has 0 atom stereocenters. The number of benzene rings is 1. The highest BCUT2D eigenvalue weighted by Gasteiger charge is 2.42. The number of halogens is 3. The highest BCUT2D eigenvalue weighted by Crippen LogP contribution is 2.37. The fourth-order valence-electron chi connectivity index (χ4n) is 2.86. The Morgan fingerprint density at radius 3 is 2.62 bits per heavy atom. The Morgan fingerprint density at radius 2 is 2.00 bits per heavy atom. The van der Waals surface area contributed by atoms with Gasteiger partial charge >= 0.3 is 6.18 Å². The molecule has 0 amide bonds. The molecule has 24 heavy (non-hydrogen) atoms. The van der Waals surface area contributed by atoms with Gasteiger partial charge in [0, 0.05) is 18.1 Å². The van der Waals surface area contributed by atoms with Gasteiger partial charge < -0.3 is 0 Å². The smallest absolute Gasteiger partial charge is 0.294 e. The fourth-order valence-corrected chi connectivity index (χ4v) is 2.86. The Hall–Kier alpha value is -2.71. The molecule has 0 bridgehead atoms. The van der Waals surface area contributed by atoms with Crippen LogP contribution in [0.5, 0.6) is 0 Å². The zero-order chi connectivity index (χ0) is 17.6. The van der Waals surface area contributed by atoms with Crippen molar-refractivity contribution >= 4 is 11.5 Å². The van der Waals surface area contributed by atoms with E-state index >= 15 is 0 Å². The normalized spacial score (nSPS) is 14.6. The Morgan fingerprint density at radius 1 is 1.29 bits per heavy atom. The van der Waals surface area contributed by atoms with E-state index in [0.29, 0.717) is 12.0 Å². The van der Waals surface area contributed by atoms with Crippen molar-refractivity contribution < 1.29 is 22.9 Å². The number of alkyl halides is 3. The first-order valence-corrected chi connectivity index (χ1v) is 7.18. The molecule has 1 aromatic carbocycles. The lowest BCUT2D eigenvalue weighted by molar-refractivity contribution is -0.385.